The minimum atomic E-state index is -0.873. The summed E-state index contributed by atoms with van der Waals surface area (Å²) in [7, 11) is 0. The van der Waals surface area contributed by atoms with Gasteiger partial charge in [-0.2, -0.15) is 0 Å². The molecule has 1 saturated heterocycles. The Hall–Kier alpha value is -1.10. The van der Waals surface area contributed by atoms with E-state index in [-0.39, 0.29) is 29.8 Å². The summed E-state index contributed by atoms with van der Waals surface area (Å²) in [6.45, 7) is 9.03. The summed E-state index contributed by atoms with van der Waals surface area (Å²) in [5.41, 5.74) is -0.0118. The maximum absolute atomic E-state index is 12.2. The SMILES string of the molecule is CC1CCNC1C(=O)NC(CC(=O)O)CC(C)(C)C. The average Bonchev–Trinajstić information content (AvgIpc) is 2.60. The molecule has 1 heterocycles. The fraction of sp³-hybridized carbons (Fsp3) is 0.857. The maximum Gasteiger partial charge on any atom is 0.305 e. The number of nitrogens with one attached hydrogen (secondary N) is 2. The molecular weight excluding hydrogens is 244 g/mol. The number of rotatable bonds is 5. The predicted molar refractivity (Wildman–Crippen MR) is 73.8 cm³/mol. The van der Waals surface area contributed by atoms with Crippen molar-refractivity contribution < 1.29 is 14.7 Å². The van der Waals surface area contributed by atoms with Gasteiger partial charge in [-0.05, 0) is 30.7 Å². The first kappa shape index (κ1) is 16.0. The molecule has 1 rings (SSSR count). The van der Waals surface area contributed by atoms with E-state index >= 15 is 0 Å². The van der Waals surface area contributed by atoms with Crippen LogP contribution in [0.25, 0.3) is 0 Å². The van der Waals surface area contributed by atoms with Crippen molar-refractivity contribution in [2.24, 2.45) is 11.3 Å². The lowest BCUT2D eigenvalue weighted by atomic mass is 9.86. The molecule has 5 nitrogen and oxygen atoms in total. The second kappa shape index (κ2) is 6.37. The highest BCUT2D eigenvalue weighted by Gasteiger charge is 2.31. The molecule has 0 radical (unpaired) electrons. The quantitative estimate of drug-likeness (QED) is 0.705. The molecular formula is C14H26N2O3. The van der Waals surface area contributed by atoms with Crippen molar-refractivity contribution in [3.8, 4) is 0 Å². The zero-order valence-corrected chi connectivity index (χ0v) is 12.3. The second-order valence-electron chi connectivity index (χ2n) is 6.77. The van der Waals surface area contributed by atoms with Crippen LogP contribution in [0.1, 0.15) is 47.0 Å². The van der Waals surface area contributed by atoms with Crippen LogP contribution < -0.4 is 10.6 Å². The largest absolute Gasteiger partial charge is 0.481 e. The highest BCUT2D eigenvalue weighted by molar-refractivity contribution is 5.83. The lowest BCUT2D eigenvalue weighted by Gasteiger charge is -2.27. The summed E-state index contributed by atoms with van der Waals surface area (Å²) in [6, 6.07) is -0.490. The number of aliphatic carboxylic acids is 1. The Kier molecular flexibility index (Phi) is 5.35. The minimum Gasteiger partial charge on any atom is -0.481 e. The molecule has 3 atom stereocenters. The van der Waals surface area contributed by atoms with Crippen LogP contribution in [0.2, 0.25) is 0 Å². The maximum atomic E-state index is 12.2. The van der Waals surface area contributed by atoms with E-state index in [1.807, 2.05) is 27.7 Å². The van der Waals surface area contributed by atoms with Crippen molar-refractivity contribution in [1.82, 2.24) is 10.6 Å². The average molecular weight is 270 g/mol. The molecule has 0 aromatic heterocycles. The lowest BCUT2D eigenvalue weighted by Crippen LogP contribution is -2.48. The summed E-state index contributed by atoms with van der Waals surface area (Å²) in [6.07, 6.45) is 1.62. The topological polar surface area (TPSA) is 78.4 Å². The Morgan fingerprint density at radius 3 is 2.47 bits per heavy atom. The Labute approximate surface area is 115 Å². The van der Waals surface area contributed by atoms with E-state index in [1.54, 1.807) is 0 Å². The predicted octanol–water partition coefficient (Wildman–Crippen LogP) is 1.38. The van der Waals surface area contributed by atoms with Crippen LogP contribution in [0.15, 0.2) is 0 Å². The first-order valence-electron chi connectivity index (χ1n) is 6.94. The van der Waals surface area contributed by atoms with Crippen LogP contribution in [0, 0.1) is 11.3 Å². The third kappa shape index (κ3) is 5.59. The van der Waals surface area contributed by atoms with Gasteiger partial charge in [0.15, 0.2) is 0 Å². The molecule has 5 heteroatoms. The molecule has 1 aliphatic rings. The van der Waals surface area contributed by atoms with Gasteiger partial charge in [-0.15, -0.1) is 0 Å². The number of carboxylic acid groups (broad SMARTS) is 1. The van der Waals surface area contributed by atoms with Gasteiger partial charge in [0.2, 0.25) is 5.91 Å². The highest BCUT2D eigenvalue weighted by Crippen LogP contribution is 2.23. The fourth-order valence-electron chi connectivity index (χ4n) is 2.60. The number of hydrogen-bond acceptors (Lipinski definition) is 3. The van der Waals surface area contributed by atoms with Crippen LogP contribution in [-0.2, 0) is 9.59 Å². The van der Waals surface area contributed by atoms with Crippen molar-refractivity contribution in [2.45, 2.75) is 59.0 Å². The molecule has 0 spiro atoms. The van der Waals surface area contributed by atoms with Crippen LogP contribution in [-0.4, -0.2) is 35.6 Å². The Morgan fingerprint density at radius 1 is 1.42 bits per heavy atom. The molecule has 110 valence electrons. The molecule has 0 bridgehead atoms. The summed E-state index contributed by atoms with van der Waals surface area (Å²) in [5.74, 6) is -0.636. The number of amides is 1. The number of carboxylic acids is 1. The van der Waals surface area contributed by atoms with Gasteiger partial charge in [-0.3, -0.25) is 9.59 Å². The van der Waals surface area contributed by atoms with E-state index < -0.39 is 5.97 Å². The summed E-state index contributed by atoms with van der Waals surface area (Å²) >= 11 is 0. The van der Waals surface area contributed by atoms with Crippen molar-refractivity contribution in [3.63, 3.8) is 0 Å². The van der Waals surface area contributed by atoms with Crippen molar-refractivity contribution in [1.29, 1.82) is 0 Å². The zero-order valence-electron chi connectivity index (χ0n) is 12.3. The molecule has 1 aliphatic heterocycles. The van der Waals surface area contributed by atoms with E-state index in [2.05, 4.69) is 10.6 Å². The van der Waals surface area contributed by atoms with Gasteiger partial charge in [0, 0.05) is 6.04 Å². The molecule has 19 heavy (non-hydrogen) atoms. The summed E-state index contributed by atoms with van der Waals surface area (Å²) in [4.78, 5) is 23.1. The van der Waals surface area contributed by atoms with E-state index in [0.717, 1.165) is 13.0 Å². The van der Waals surface area contributed by atoms with Gasteiger partial charge in [0.25, 0.3) is 0 Å². The minimum absolute atomic E-state index is 0.0118. The molecule has 3 unspecified atom stereocenters. The van der Waals surface area contributed by atoms with Gasteiger partial charge in [0.1, 0.15) is 0 Å². The van der Waals surface area contributed by atoms with Crippen LogP contribution in [0.5, 0.6) is 0 Å². The monoisotopic (exact) mass is 270 g/mol. The first-order chi connectivity index (χ1) is 8.69. The van der Waals surface area contributed by atoms with E-state index in [0.29, 0.717) is 12.3 Å². The van der Waals surface area contributed by atoms with Crippen molar-refractivity contribution >= 4 is 11.9 Å². The molecule has 1 fully saturated rings. The van der Waals surface area contributed by atoms with Gasteiger partial charge >= 0.3 is 5.97 Å². The Morgan fingerprint density at radius 2 is 2.05 bits per heavy atom. The number of carbonyl (C=O) groups is 2. The van der Waals surface area contributed by atoms with Crippen LogP contribution in [0.4, 0.5) is 0 Å². The van der Waals surface area contributed by atoms with Crippen LogP contribution in [0.3, 0.4) is 0 Å². The first-order valence-corrected chi connectivity index (χ1v) is 6.94. The van der Waals surface area contributed by atoms with E-state index in [1.165, 1.54) is 0 Å². The number of hydrogen-bond donors (Lipinski definition) is 3. The third-order valence-electron chi connectivity index (χ3n) is 3.44. The second-order valence-corrected chi connectivity index (χ2v) is 6.77. The molecule has 0 saturated carbocycles. The number of carbonyl (C=O) groups excluding carboxylic acids is 1. The summed E-state index contributed by atoms with van der Waals surface area (Å²) < 4.78 is 0. The van der Waals surface area contributed by atoms with E-state index in [9.17, 15) is 9.59 Å². The standard InChI is InChI=1S/C14H26N2O3/c1-9-5-6-15-12(9)13(19)16-10(7-11(17)18)8-14(2,3)4/h9-10,12,15H,5-8H2,1-4H3,(H,16,19)(H,17,18). The van der Waals surface area contributed by atoms with Crippen molar-refractivity contribution in [3.05, 3.63) is 0 Å². The molecule has 0 aliphatic carbocycles. The molecule has 3 N–H and O–H groups in total. The van der Waals surface area contributed by atoms with Crippen molar-refractivity contribution in [2.75, 3.05) is 6.54 Å². The van der Waals surface area contributed by atoms with Gasteiger partial charge in [-0.25, -0.2) is 0 Å². The van der Waals surface area contributed by atoms with Gasteiger partial charge in [0.05, 0.1) is 12.5 Å². The van der Waals surface area contributed by atoms with Gasteiger partial charge in [-0.1, -0.05) is 27.7 Å². The molecule has 0 aromatic carbocycles. The van der Waals surface area contributed by atoms with E-state index in [4.69, 9.17) is 5.11 Å². The summed E-state index contributed by atoms with van der Waals surface area (Å²) in [5, 5.41) is 15.0. The van der Waals surface area contributed by atoms with Crippen LogP contribution >= 0.6 is 0 Å². The Bertz CT molecular complexity index is 336. The molecule has 1 amide bonds. The smallest absolute Gasteiger partial charge is 0.305 e. The molecule has 0 aromatic rings. The highest BCUT2D eigenvalue weighted by atomic mass is 16.4. The Balaban J connectivity index is 2.60. The normalized spacial score (nSPS) is 25.1. The third-order valence-corrected chi connectivity index (χ3v) is 3.44. The lowest BCUT2D eigenvalue weighted by molar-refractivity contribution is -0.138. The zero-order chi connectivity index (χ0) is 14.6. The fourth-order valence-corrected chi connectivity index (χ4v) is 2.60. The van der Waals surface area contributed by atoms with Gasteiger partial charge < -0.3 is 15.7 Å².